The fourth-order valence-electron chi connectivity index (χ4n) is 2.10. The van der Waals surface area contributed by atoms with Gasteiger partial charge in [0.2, 0.25) is 5.91 Å². The average Bonchev–Trinajstić information content (AvgIpc) is 2.42. The molecule has 0 aromatic heterocycles. The number of amides is 1. The molecular weight excluding hydrogens is 248 g/mol. The summed E-state index contributed by atoms with van der Waals surface area (Å²) in [5, 5.41) is 12.0. The SMILES string of the molecule is CCOCC(C)NCC(=O)N1CCC(C(=O)O)CC1. The van der Waals surface area contributed by atoms with E-state index < -0.39 is 5.97 Å². The van der Waals surface area contributed by atoms with Gasteiger partial charge in [-0.1, -0.05) is 0 Å². The zero-order chi connectivity index (χ0) is 14.3. The lowest BCUT2D eigenvalue weighted by Gasteiger charge is -2.30. The first-order valence-corrected chi connectivity index (χ1v) is 6.86. The maximum absolute atomic E-state index is 11.9. The standard InChI is InChI=1S/C13H24N2O4/c1-3-19-9-10(2)14-8-12(16)15-6-4-11(5-7-15)13(17)18/h10-11,14H,3-9H2,1-2H3,(H,17,18). The highest BCUT2D eigenvalue weighted by atomic mass is 16.5. The van der Waals surface area contributed by atoms with Crippen LogP contribution in [0.25, 0.3) is 0 Å². The van der Waals surface area contributed by atoms with E-state index in [1.807, 2.05) is 13.8 Å². The van der Waals surface area contributed by atoms with Crippen molar-refractivity contribution >= 4 is 11.9 Å². The number of nitrogens with zero attached hydrogens (tertiary/aromatic N) is 1. The minimum Gasteiger partial charge on any atom is -0.481 e. The summed E-state index contributed by atoms with van der Waals surface area (Å²) in [6, 6.07) is 0.139. The van der Waals surface area contributed by atoms with Gasteiger partial charge in [0.25, 0.3) is 0 Å². The normalized spacial score (nSPS) is 18.3. The van der Waals surface area contributed by atoms with Crippen molar-refractivity contribution in [3.05, 3.63) is 0 Å². The lowest BCUT2D eigenvalue weighted by molar-refractivity contribution is -0.145. The van der Waals surface area contributed by atoms with E-state index in [1.165, 1.54) is 0 Å². The summed E-state index contributed by atoms with van der Waals surface area (Å²) in [6.07, 6.45) is 1.10. The molecule has 0 bridgehead atoms. The molecule has 1 amide bonds. The van der Waals surface area contributed by atoms with Gasteiger partial charge in [0.05, 0.1) is 19.1 Å². The molecule has 0 spiro atoms. The number of carboxylic acids is 1. The molecule has 1 saturated heterocycles. The van der Waals surface area contributed by atoms with Crippen LogP contribution in [0.4, 0.5) is 0 Å². The van der Waals surface area contributed by atoms with Crippen molar-refractivity contribution in [2.24, 2.45) is 5.92 Å². The molecule has 6 heteroatoms. The monoisotopic (exact) mass is 272 g/mol. The first-order valence-electron chi connectivity index (χ1n) is 6.86. The van der Waals surface area contributed by atoms with Crippen molar-refractivity contribution < 1.29 is 19.4 Å². The Hall–Kier alpha value is -1.14. The Morgan fingerprint density at radius 2 is 2.05 bits per heavy atom. The Kier molecular flexibility index (Phi) is 6.80. The Labute approximate surface area is 114 Å². The van der Waals surface area contributed by atoms with E-state index in [0.717, 1.165) is 0 Å². The molecule has 1 unspecified atom stereocenters. The highest BCUT2D eigenvalue weighted by molar-refractivity contribution is 5.79. The summed E-state index contributed by atoms with van der Waals surface area (Å²) in [7, 11) is 0. The van der Waals surface area contributed by atoms with Crippen molar-refractivity contribution in [2.45, 2.75) is 32.7 Å². The Morgan fingerprint density at radius 3 is 2.58 bits per heavy atom. The number of likely N-dealkylation sites (tertiary alicyclic amines) is 1. The quantitative estimate of drug-likeness (QED) is 0.698. The van der Waals surface area contributed by atoms with E-state index in [1.54, 1.807) is 4.90 Å². The van der Waals surface area contributed by atoms with Crippen LogP contribution < -0.4 is 5.32 Å². The van der Waals surface area contributed by atoms with Gasteiger partial charge in [-0.15, -0.1) is 0 Å². The zero-order valence-corrected chi connectivity index (χ0v) is 11.7. The van der Waals surface area contributed by atoms with Gasteiger partial charge in [-0.3, -0.25) is 9.59 Å². The lowest BCUT2D eigenvalue weighted by Crippen LogP contribution is -2.46. The number of piperidine rings is 1. The second-order valence-corrected chi connectivity index (χ2v) is 4.93. The summed E-state index contributed by atoms with van der Waals surface area (Å²) in [4.78, 5) is 24.5. The predicted octanol–water partition coefficient (Wildman–Crippen LogP) is 0.324. The van der Waals surface area contributed by atoms with Crippen LogP contribution in [0, 0.1) is 5.92 Å². The van der Waals surface area contributed by atoms with E-state index in [0.29, 0.717) is 39.1 Å². The van der Waals surface area contributed by atoms with Crippen molar-refractivity contribution in [3.63, 3.8) is 0 Å². The molecule has 110 valence electrons. The van der Waals surface area contributed by atoms with Crippen molar-refractivity contribution in [1.29, 1.82) is 0 Å². The molecular formula is C13H24N2O4. The van der Waals surface area contributed by atoms with E-state index in [2.05, 4.69) is 5.32 Å². The molecule has 1 aliphatic rings. The van der Waals surface area contributed by atoms with Crippen LogP contribution >= 0.6 is 0 Å². The molecule has 1 fully saturated rings. The highest BCUT2D eigenvalue weighted by Gasteiger charge is 2.26. The molecule has 1 rings (SSSR count). The minimum absolute atomic E-state index is 0.0344. The smallest absolute Gasteiger partial charge is 0.306 e. The molecule has 0 radical (unpaired) electrons. The zero-order valence-electron chi connectivity index (χ0n) is 11.7. The molecule has 2 N–H and O–H groups in total. The summed E-state index contributed by atoms with van der Waals surface area (Å²) >= 11 is 0. The van der Waals surface area contributed by atoms with E-state index in [-0.39, 0.29) is 24.4 Å². The first-order chi connectivity index (χ1) is 9.04. The number of carbonyl (C=O) groups is 2. The minimum atomic E-state index is -0.754. The largest absolute Gasteiger partial charge is 0.481 e. The van der Waals surface area contributed by atoms with Crippen molar-refractivity contribution in [3.8, 4) is 0 Å². The van der Waals surface area contributed by atoms with Gasteiger partial charge in [0.1, 0.15) is 0 Å². The van der Waals surface area contributed by atoms with Crippen molar-refractivity contribution in [1.82, 2.24) is 10.2 Å². The molecule has 0 aliphatic carbocycles. The van der Waals surface area contributed by atoms with E-state index in [9.17, 15) is 9.59 Å². The number of hydrogen-bond donors (Lipinski definition) is 2. The fraction of sp³-hybridized carbons (Fsp3) is 0.846. The third-order valence-corrected chi connectivity index (χ3v) is 3.37. The van der Waals surface area contributed by atoms with Gasteiger partial charge in [0.15, 0.2) is 0 Å². The van der Waals surface area contributed by atoms with Gasteiger partial charge in [-0.2, -0.15) is 0 Å². The maximum Gasteiger partial charge on any atom is 0.306 e. The van der Waals surface area contributed by atoms with Gasteiger partial charge < -0.3 is 20.1 Å². The Balaban J connectivity index is 2.22. The molecule has 0 aromatic carbocycles. The van der Waals surface area contributed by atoms with Crippen LogP contribution in [0.5, 0.6) is 0 Å². The van der Waals surface area contributed by atoms with Gasteiger partial charge in [-0.05, 0) is 26.7 Å². The third-order valence-electron chi connectivity index (χ3n) is 3.37. The second kappa shape index (κ2) is 8.12. The molecule has 0 aromatic rings. The summed E-state index contributed by atoms with van der Waals surface area (Å²) < 4.78 is 5.26. The number of aliphatic carboxylic acids is 1. The van der Waals surface area contributed by atoms with Crippen LogP contribution in [0.15, 0.2) is 0 Å². The molecule has 6 nitrogen and oxygen atoms in total. The average molecular weight is 272 g/mol. The number of rotatable bonds is 7. The number of hydrogen-bond acceptors (Lipinski definition) is 4. The third kappa shape index (κ3) is 5.57. The Bertz CT molecular complexity index is 301. The van der Waals surface area contributed by atoms with Crippen LogP contribution in [-0.4, -0.2) is 60.8 Å². The highest BCUT2D eigenvalue weighted by Crippen LogP contribution is 2.17. The van der Waals surface area contributed by atoms with Crippen LogP contribution in [0.3, 0.4) is 0 Å². The number of nitrogens with one attached hydrogen (secondary N) is 1. The lowest BCUT2D eigenvalue weighted by atomic mass is 9.97. The summed E-state index contributed by atoms with van der Waals surface area (Å²) in [5.74, 6) is -1.02. The van der Waals surface area contributed by atoms with Gasteiger partial charge in [-0.25, -0.2) is 0 Å². The van der Waals surface area contributed by atoms with Crippen LogP contribution in [0.2, 0.25) is 0 Å². The van der Waals surface area contributed by atoms with Gasteiger partial charge >= 0.3 is 5.97 Å². The number of carboxylic acid groups (broad SMARTS) is 1. The number of ether oxygens (including phenoxy) is 1. The summed E-state index contributed by atoms with van der Waals surface area (Å²) in [6.45, 7) is 6.53. The maximum atomic E-state index is 11.9. The molecule has 1 aliphatic heterocycles. The second-order valence-electron chi connectivity index (χ2n) is 4.93. The molecule has 1 atom stereocenters. The van der Waals surface area contributed by atoms with Gasteiger partial charge in [0, 0.05) is 25.7 Å². The fourth-order valence-corrected chi connectivity index (χ4v) is 2.10. The topological polar surface area (TPSA) is 78.9 Å². The van der Waals surface area contributed by atoms with Crippen LogP contribution in [0.1, 0.15) is 26.7 Å². The molecule has 0 saturated carbocycles. The Morgan fingerprint density at radius 1 is 1.42 bits per heavy atom. The molecule has 19 heavy (non-hydrogen) atoms. The molecule has 1 heterocycles. The van der Waals surface area contributed by atoms with Crippen molar-refractivity contribution in [2.75, 3.05) is 32.8 Å². The summed E-state index contributed by atoms with van der Waals surface area (Å²) in [5.41, 5.74) is 0. The van der Waals surface area contributed by atoms with E-state index >= 15 is 0 Å². The predicted molar refractivity (Wildman–Crippen MR) is 70.9 cm³/mol. The first kappa shape index (κ1) is 15.9. The van der Waals surface area contributed by atoms with Crippen LogP contribution in [-0.2, 0) is 14.3 Å². The van der Waals surface area contributed by atoms with E-state index in [4.69, 9.17) is 9.84 Å². The number of carbonyl (C=O) groups excluding carboxylic acids is 1.